The highest BCUT2D eigenvalue weighted by Crippen LogP contribution is 2.24. The molecular weight excluding hydrogens is 506 g/mol. The van der Waals surface area contributed by atoms with E-state index in [9.17, 15) is 9.18 Å². The molecule has 29 heavy (non-hydrogen) atoms. The summed E-state index contributed by atoms with van der Waals surface area (Å²) in [5, 5.41) is 7.28. The second-order valence-electron chi connectivity index (χ2n) is 6.33. The van der Waals surface area contributed by atoms with Crippen LogP contribution in [0.15, 0.2) is 23.2 Å². The van der Waals surface area contributed by atoms with Gasteiger partial charge in [0.25, 0.3) is 0 Å². The van der Waals surface area contributed by atoms with Gasteiger partial charge in [-0.1, -0.05) is 12.1 Å². The highest BCUT2D eigenvalue weighted by atomic mass is 127. The molecule has 1 heterocycles. The van der Waals surface area contributed by atoms with Gasteiger partial charge in [0, 0.05) is 6.54 Å². The van der Waals surface area contributed by atoms with Crippen molar-refractivity contribution >= 4 is 47.2 Å². The van der Waals surface area contributed by atoms with E-state index in [-0.39, 0.29) is 41.8 Å². The van der Waals surface area contributed by atoms with Gasteiger partial charge in [0.15, 0.2) is 5.96 Å². The molecule has 0 amide bonds. The number of aryl methyl sites for hydroxylation is 2. The van der Waals surface area contributed by atoms with E-state index in [1.165, 1.54) is 17.4 Å². The maximum Gasteiger partial charge on any atom is 0.350 e. The van der Waals surface area contributed by atoms with Crippen molar-refractivity contribution in [1.82, 2.24) is 15.6 Å². The molecule has 0 saturated carbocycles. The predicted molar refractivity (Wildman–Crippen MR) is 126 cm³/mol. The number of benzene rings is 1. The van der Waals surface area contributed by atoms with E-state index < -0.39 is 0 Å². The van der Waals surface area contributed by atoms with Crippen LogP contribution < -0.4 is 10.6 Å². The van der Waals surface area contributed by atoms with Gasteiger partial charge in [0.2, 0.25) is 0 Å². The number of nitrogens with one attached hydrogen (secondary N) is 2. The summed E-state index contributed by atoms with van der Waals surface area (Å²) < 4.78 is 18.5. The van der Waals surface area contributed by atoms with Gasteiger partial charge in [-0.2, -0.15) is 0 Å². The Balaban J connectivity index is 0.00000420. The number of aliphatic imine (C=N–C) groups is 1. The Morgan fingerprint density at radius 1 is 1.34 bits per heavy atom. The van der Waals surface area contributed by atoms with Crippen LogP contribution in [0.3, 0.4) is 0 Å². The molecule has 6 nitrogen and oxygen atoms in total. The second-order valence-corrected chi connectivity index (χ2v) is 7.36. The summed E-state index contributed by atoms with van der Waals surface area (Å²) >= 11 is 1.32. The van der Waals surface area contributed by atoms with Crippen molar-refractivity contribution < 1.29 is 13.9 Å². The zero-order valence-electron chi connectivity index (χ0n) is 17.3. The quantitative estimate of drug-likeness (QED) is 0.237. The number of ether oxygens (including phenoxy) is 1. The molecule has 0 radical (unpaired) electrons. The number of hydrogen-bond donors (Lipinski definition) is 2. The number of thiazole rings is 1. The molecule has 1 atom stereocenters. The summed E-state index contributed by atoms with van der Waals surface area (Å²) in [5.74, 6) is 0.0636. The SMILES string of the molecule is CCNC(=NCc1ccc(F)c(C)c1)NC(C)c1nc(C)c(C(=O)OCC)s1.I. The van der Waals surface area contributed by atoms with Crippen LogP contribution in [0.4, 0.5) is 4.39 Å². The fourth-order valence-corrected chi connectivity index (χ4v) is 3.51. The summed E-state index contributed by atoms with van der Waals surface area (Å²) in [5.41, 5.74) is 2.19. The number of carbonyl (C=O) groups excluding carboxylic acids is 1. The van der Waals surface area contributed by atoms with Crippen LogP contribution in [0.25, 0.3) is 0 Å². The minimum Gasteiger partial charge on any atom is -0.462 e. The average molecular weight is 534 g/mol. The lowest BCUT2D eigenvalue weighted by molar-refractivity contribution is 0.0531. The van der Waals surface area contributed by atoms with Gasteiger partial charge in [-0.3, -0.25) is 0 Å². The Hall–Kier alpha value is -1.75. The summed E-state index contributed by atoms with van der Waals surface area (Å²) in [6, 6.07) is 4.84. The Morgan fingerprint density at radius 3 is 2.69 bits per heavy atom. The summed E-state index contributed by atoms with van der Waals surface area (Å²) in [6.07, 6.45) is 0. The molecule has 1 aromatic carbocycles. The lowest BCUT2D eigenvalue weighted by Gasteiger charge is -2.16. The molecule has 0 aliphatic heterocycles. The average Bonchev–Trinajstić information content (AvgIpc) is 3.05. The molecule has 0 aliphatic carbocycles. The molecule has 0 saturated heterocycles. The van der Waals surface area contributed by atoms with Crippen molar-refractivity contribution in [3.05, 3.63) is 50.7 Å². The lowest BCUT2D eigenvalue weighted by atomic mass is 10.1. The number of aromatic nitrogens is 1. The zero-order chi connectivity index (χ0) is 20.7. The number of rotatable bonds is 7. The Bertz CT molecular complexity index is 857. The molecule has 0 aliphatic rings. The topological polar surface area (TPSA) is 75.6 Å². The molecule has 0 fully saturated rings. The number of carbonyl (C=O) groups is 1. The van der Waals surface area contributed by atoms with Gasteiger partial charge >= 0.3 is 5.97 Å². The number of guanidine groups is 1. The Labute approximate surface area is 192 Å². The first-order chi connectivity index (χ1) is 13.3. The third-order valence-electron chi connectivity index (χ3n) is 3.98. The van der Waals surface area contributed by atoms with E-state index in [0.29, 0.717) is 41.8 Å². The number of esters is 1. The van der Waals surface area contributed by atoms with Crippen LogP contribution in [0.2, 0.25) is 0 Å². The molecule has 160 valence electrons. The fraction of sp³-hybridized carbons (Fsp3) is 0.450. The molecular formula is C20H28FIN4O2S. The Morgan fingerprint density at radius 2 is 2.07 bits per heavy atom. The molecule has 2 aromatic rings. The van der Waals surface area contributed by atoms with Crippen molar-refractivity contribution in [2.45, 2.75) is 47.2 Å². The van der Waals surface area contributed by atoms with Crippen LogP contribution >= 0.6 is 35.3 Å². The van der Waals surface area contributed by atoms with Gasteiger partial charge in [-0.15, -0.1) is 35.3 Å². The number of nitrogens with zero attached hydrogens (tertiary/aromatic N) is 2. The van der Waals surface area contributed by atoms with E-state index >= 15 is 0 Å². The third kappa shape index (κ3) is 7.22. The first-order valence-electron chi connectivity index (χ1n) is 9.30. The summed E-state index contributed by atoms with van der Waals surface area (Å²) in [7, 11) is 0. The van der Waals surface area contributed by atoms with E-state index in [1.54, 1.807) is 32.9 Å². The molecule has 2 rings (SSSR count). The number of halogens is 2. The van der Waals surface area contributed by atoms with Crippen molar-refractivity contribution in [3.63, 3.8) is 0 Å². The van der Waals surface area contributed by atoms with Crippen LogP contribution in [0.1, 0.15) is 58.3 Å². The van der Waals surface area contributed by atoms with E-state index in [0.717, 1.165) is 10.6 Å². The van der Waals surface area contributed by atoms with Crippen molar-refractivity contribution in [3.8, 4) is 0 Å². The Kier molecular flexibility index (Phi) is 10.5. The second kappa shape index (κ2) is 12.1. The van der Waals surface area contributed by atoms with Crippen molar-refractivity contribution in [1.29, 1.82) is 0 Å². The summed E-state index contributed by atoms with van der Waals surface area (Å²) in [6.45, 7) is 10.7. The molecule has 2 N–H and O–H groups in total. The van der Waals surface area contributed by atoms with Gasteiger partial charge in [-0.05, 0) is 51.8 Å². The maximum atomic E-state index is 13.4. The smallest absolute Gasteiger partial charge is 0.350 e. The molecule has 1 aromatic heterocycles. The van der Waals surface area contributed by atoms with Gasteiger partial charge in [0.1, 0.15) is 15.7 Å². The van der Waals surface area contributed by atoms with Gasteiger partial charge < -0.3 is 15.4 Å². The molecule has 1 unspecified atom stereocenters. The van der Waals surface area contributed by atoms with Crippen LogP contribution in [0, 0.1) is 19.7 Å². The lowest BCUT2D eigenvalue weighted by Crippen LogP contribution is -2.38. The van der Waals surface area contributed by atoms with Crippen molar-refractivity contribution in [2.75, 3.05) is 13.2 Å². The highest BCUT2D eigenvalue weighted by Gasteiger charge is 2.20. The monoisotopic (exact) mass is 534 g/mol. The van der Waals surface area contributed by atoms with Gasteiger partial charge in [-0.25, -0.2) is 19.2 Å². The van der Waals surface area contributed by atoms with Crippen LogP contribution in [-0.4, -0.2) is 30.1 Å². The van der Waals surface area contributed by atoms with E-state index in [1.807, 2.05) is 13.8 Å². The highest BCUT2D eigenvalue weighted by molar-refractivity contribution is 14.0. The normalized spacial score (nSPS) is 12.1. The van der Waals surface area contributed by atoms with Gasteiger partial charge in [0.05, 0.1) is 24.9 Å². The predicted octanol–water partition coefficient (Wildman–Crippen LogP) is 4.51. The standard InChI is InChI=1S/C20H27FN4O2S.HI/c1-6-22-20(23-11-15-8-9-16(21)12(3)10-15)25-14(5)18-24-13(4)17(28-18)19(26)27-7-2;/h8-10,14H,6-7,11H2,1-5H3,(H2,22,23,25);1H. The van der Waals surface area contributed by atoms with E-state index in [4.69, 9.17) is 4.74 Å². The third-order valence-corrected chi connectivity index (χ3v) is 5.30. The maximum absolute atomic E-state index is 13.4. The molecule has 0 spiro atoms. The van der Waals surface area contributed by atoms with Crippen LogP contribution in [0.5, 0.6) is 0 Å². The first kappa shape index (κ1) is 25.3. The summed E-state index contributed by atoms with van der Waals surface area (Å²) in [4.78, 5) is 21.6. The molecule has 0 bridgehead atoms. The fourth-order valence-electron chi connectivity index (χ4n) is 2.55. The first-order valence-corrected chi connectivity index (χ1v) is 10.1. The minimum atomic E-state index is -0.344. The van der Waals surface area contributed by atoms with Crippen LogP contribution in [-0.2, 0) is 11.3 Å². The zero-order valence-corrected chi connectivity index (χ0v) is 20.5. The van der Waals surface area contributed by atoms with E-state index in [2.05, 4.69) is 20.6 Å². The van der Waals surface area contributed by atoms with Crippen molar-refractivity contribution in [2.24, 2.45) is 4.99 Å². The molecule has 9 heteroatoms. The number of hydrogen-bond acceptors (Lipinski definition) is 5. The largest absolute Gasteiger partial charge is 0.462 e. The minimum absolute atomic E-state index is 0.